The number of fused-ring (bicyclic) bond motifs is 1. The Labute approximate surface area is 172 Å². The van der Waals surface area contributed by atoms with Crippen molar-refractivity contribution in [2.45, 2.75) is 58.9 Å². The highest BCUT2D eigenvalue weighted by Gasteiger charge is 2.46. The Morgan fingerprint density at radius 2 is 1.93 bits per heavy atom. The van der Waals surface area contributed by atoms with E-state index in [9.17, 15) is 9.59 Å². The van der Waals surface area contributed by atoms with Crippen LogP contribution in [0.1, 0.15) is 51.3 Å². The molecule has 0 unspecified atom stereocenters. The molecule has 4 rings (SSSR count). The lowest BCUT2D eigenvalue weighted by Gasteiger charge is -2.40. The van der Waals surface area contributed by atoms with Crippen LogP contribution in [0, 0.1) is 18.3 Å². The number of esters is 1. The number of carbonyl (C=O) groups is 2. The second-order valence-corrected chi connectivity index (χ2v) is 8.58. The molecule has 1 saturated carbocycles. The average Bonchev–Trinajstić information content (AvgIpc) is 3.47. The number of benzene rings is 1. The summed E-state index contributed by atoms with van der Waals surface area (Å²) in [6, 6.07) is 8.03. The van der Waals surface area contributed by atoms with Crippen LogP contribution in [0.4, 0.5) is 0 Å². The lowest BCUT2D eigenvalue weighted by Crippen LogP contribution is -2.47. The number of amides is 1. The number of likely N-dealkylation sites (tertiary alicyclic amines) is 1. The molecule has 6 nitrogen and oxygen atoms in total. The van der Waals surface area contributed by atoms with Crippen LogP contribution in [0.15, 0.2) is 24.3 Å². The standard InChI is InChI=1S/C23H31N3O3/c1-3-29-22(28)23(16-18-8-9-18)11-14-25(15-12-23)21(27)10-13-26-17(2)24-19-6-4-5-7-20(19)26/h4-7,18H,3,8-16H2,1-2H3. The van der Waals surface area contributed by atoms with Gasteiger partial charge < -0.3 is 14.2 Å². The number of rotatable bonds is 7. The zero-order chi connectivity index (χ0) is 20.4. The lowest BCUT2D eigenvalue weighted by atomic mass is 9.74. The molecule has 0 N–H and O–H groups in total. The molecule has 2 heterocycles. The van der Waals surface area contributed by atoms with Crippen molar-refractivity contribution in [3.8, 4) is 0 Å². The van der Waals surface area contributed by atoms with Crippen LogP contribution in [-0.4, -0.2) is 46.0 Å². The van der Waals surface area contributed by atoms with Crippen LogP contribution in [-0.2, 0) is 20.9 Å². The molecular formula is C23H31N3O3. The highest BCUT2D eigenvalue weighted by Crippen LogP contribution is 2.46. The number of aryl methyl sites for hydroxylation is 2. The van der Waals surface area contributed by atoms with Gasteiger partial charge in [0.15, 0.2) is 0 Å². The molecule has 0 spiro atoms. The van der Waals surface area contributed by atoms with Gasteiger partial charge in [0.05, 0.1) is 23.1 Å². The van der Waals surface area contributed by atoms with E-state index in [2.05, 4.69) is 9.55 Å². The Hall–Kier alpha value is -2.37. The highest BCUT2D eigenvalue weighted by atomic mass is 16.5. The first kappa shape index (κ1) is 19.9. The molecule has 6 heteroatoms. The number of para-hydroxylation sites is 2. The maximum absolute atomic E-state index is 12.9. The second-order valence-electron chi connectivity index (χ2n) is 8.58. The first-order chi connectivity index (χ1) is 14.0. The molecule has 1 amide bonds. The number of nitrogens with zero attached hydrogens (tertiary/aromatic N) is 3. The lowest BCUT2D eigenvalue weighted by molar-refractivity contribution is -0.161. The molecule has 156 valence electrons. The van der Waals surface area contributed by atoms with Crippen molar-refractivity contribution in [3.05, 3.63) is 30.1 Å². The van der Waals surface area contributed by atoms with E-state index in [0.29, 0.717) is 38.6 Å². The molecule has 1 aliphatic carbocycles. The second kappa shape index (κ2) is 8.17. The molecule has 2 fully saturated rings. The van der Waals surface area contributed by atoms with Crippen LogP contribution in [0.5, 0.6) is 0 Å². The fraction of sp³-hybridized carbons (Fsp3) is 0.609. The summed E-state index contributed by atoms with van der Waals surface area (Å²) >= 11 is 0. The van der Waals surface area contributed by atoms with Crippen LogP contribution < -0.4 is 0 Å². The van der Waals surface area contributed by atoms with E-state index in [1.165, 1.54) is 12.8 Å². The number of hydrogen-bond acceptors (Lipinski definition) is 4. The first-order valence-electron chi connectivity index (χ1n) is 10.9. The average molecular weight is 398 g/mol. The number of ether oxygens (including phenoxy) is 1. The maximum Gasteiger partial charge on any atom is 0.312 e. The normalized spacial score (nSPS) is 18.8. The van der Waals surface area contributed by atoms with Gasteiger partial charge in [-0.05, 0) is 51.2 Å². The van der Waals surface area contributed by atoms with Crippen molar-refractivity contribution >= 4 is 22.9 Å². The molecule has 1 aromatic carbocycles. The highest BCUT2D eigenvalue weighted by molar-refractivity contribution is 5.80. The number of carbonyl (C=O) groups excluding carboxylic acids is 2. The summed E-state index contributed by atoms with van der Waals surface area (Å²) in [5.41, 5.74) is 1.65. The smallest absolute Gasteiger partial charge is 0.312 e. The van der Waals surface area contributed by atoms with Gasteiger partial charge in [-0.2, -0.15) is 0 Å². The van der Waals surface area contributed by atoms with Gasteiger partial charge >= 0.3 is 5.97 Å². The summed E-state index contributed by atoms with van der Waals surface area (Å²) in [6.07, 6.45) is 5.27. The van der Waals surface area contributed by atoms with Crippen molar-refractivity contribution in [2.24, 2.45) is 11.3 Å². The van der Waals surface area contributed by atoms with Crippen LogP contribution in [0.2, 0.25) is 0 Å². The molecule has 1 saturated heterocycles. The van der Waals surface area contributed by atoms with Crippen LogP contribution in [0.3, 0.4) is 0 Å². The summed E-state index contributed by atoms with van der Waals surface area (Å²) in [4.78, 5) is 32.0. The predicted molar refractivity (Wildman–Crippen MR) is 111 cm³/mol. The summed E-state index contributed by atoms with van der Waals surface area (Å²) in [5, 5.41) is 0. The number of hydrogen-bond donors (Lipinski definition) is 0. The molecular weight excluding hydrogens is 366 g/mol. The molecule has 1 aliphatic heterocycles. The Morgan fingerprint density at radius 1 is 1.21 bits per heavy atom. The van der Waals surface area contributed by atoms with Gasteiger partial charge in [0.1, 0.15) is 5.82 Å². The van der Waals surface area contributed by atoms with Gasteiger partial charge in [-0.3, -0.25) is 9.59 Å². The van der Waals surface area contributed by atoms with Crippen molar-refractivity contribution in [2.75, 3.05) is 19.7 Å². The van der Waals surface area contributed by atoms with Gasteiger partial charge in [0.25, 0.3) is 0 Å². The Morgan fingerprint density at radius 3 is 2.62 bits per heavy atom. The van der Waals surface area contributed by atoms with Crippen molar-refractivity contribution < 1.29 is 14.3 Å². The van der Waals surface area contributed by atoms with E-state index >= 15 is 0 Å². The molecule has 0 atom stereocenters. The van der Waals surface area contributed by atoms with E-state index in [-0.39, 0.29) is 17.3 Å². The monoisotopic (exact) mass is 397 g/mol. The van der Waals surface area contributed by atoms with Gasteiger partial charge in [-0.1, -0.05) is 25.0 Å². The Kier molecular flexibility index (Phi) is 5.61. The van der Waals surface area contributed by atoms with Crippen molar-refractivity contribution in [3.63, 3.8) is 0 Å². The van der Waals surface area contributed by atoms with Gasteiger partial charge in [0.2, 0.25) is 5.91 Å². The third-order valence-electron chi connectivity index (χ3n) is 6.55. The molecule has 1 aromatic heterocycles. The molecule has 29 heavy (non-hydrogen) atoms. The SMILES string of the molecule is CCOC(=O)C1(CC2CC2)CCN(C(=O)CCn2c(C)nc3ccccc32)CC1. The number of imidazole rings is 1. The van der Waals surface area contributed by atoms with Crippen molar-refractivity contribution in [1.29, 1.82) is 0 Å². The van der Waals surface area contributed by atoms with Crippen LogP contribution in [0.25, 0.3) is 11.0 Å². The van der Waals surface area contributed by atoms with E-state index in [1.807, 2.05) is 43.0 Å². The van der Waals surface area contributed by atoms with Crippen LogP contribution >= 0.6 is 0 Å². The molecule has 2 aliphatic rings. The summed E-state index contributed by atoms with van der Waals surface area (Å²) in [7, 11) is 0. The predicted octanol–water partition coefficient (Wildman–Crippen LogP) is 3.71. The van der Waals surface area contributed by atoms with E-state index in [1.54, 1.807) is 0 Å². The third kappa shape index (κ3) is 4.16. The topological polar surface area (TPSA) is 64.4 Å². The van der Waals surface area contributed by atoms with Gasteiger partial charge in [-0.25, -0.2) is 4.98 Å². The number of piperidine rings is 1. The minimum atomic E-state index is -0.384. The van der Waals surface area contributed by atoms with E-state index < -0.39 is 0 Å². The fourth-order valence-electron chi connectivity index (χ4n) is 4.68. The molecule has 0 radical (unpaired) electrons. The largest absolute Gasteiger partial charge is 0.466 e. The zero-order valence-electron chi connectivity index (χ0n) is 17.5. The Balaban J connectivity index is 1.37. The minimum Gasteiger partial charge on any atom is -0.466 e. The minimum absolute atomic E-state index is 0.0560. The number of aromatic nitrogens is 2. The maximum atomic E-state index is 12.9. The summed E-state index contributed by atoms with van der Waals surface area (Å²) in [5.74, 6) is 1.70. The van der Waals surface area contributed by atoms with E-state index in [4.69, 9.17) is 4.74 Å². The first-order valence-corrected chi connectivity index (χ1v) is 10.9. The zero-order valence-corrected chi connectivity index (χ0v) is 17.5. The summed E-state index contributed by atoms with van der Waals surface area (Å²) in [6.45, 7) is 6.20. The van der Waals surface area contributed by atoms with E-state index in [0.717, 1.165) is 36.1 Å². The van der Waals surface area contributed by atoms with Gasteiger partial charge in [-0.15, -0.1) is 0 Å². The fourth-order valence-corrected chi connectivity index (χ4v) is 4.68. The van der Waals surface area contributed by atoms with Gasteiger partial charge in [0, 0.05) is 26.1 Å². The third-order valence-corrected chi connectivity index (χ3v) is 6.55. The quantitative estimate of drug-likeness (QED) is 0.668. The molecule has 2 aromatic rings. The molecule has 0 bridgehead atoms. The Bertz CT molecular complexity index is 892. The summed E-state index contributed by atoms with van der Waals surface area (Å²) < 4.78 is 7.53. The van der Waals surface area contributed by atoms with Crippen molar-refractivity contribution in [1.82, 2.24) is 14.5 Å².